The van der Waals surface area contributed by atoms with Crippen LogP contribution in [0.2, 0.25) is 0 Å². The van der Waals surface area contributed by atoms with E-state index in [0.717, 1.165) is 16.9 Å². The Labute approximate surface area is 94.2 Å². The number of nitrogens with zero attached hydrogens (tertiary/aromatic N) is 1. The summed E-state index contributed by atoms with van der Waals surface area (Å²) in [6.07, 6.45) is 1.75. The molecule has 0 aliphatic heterocycles. The first-order valence-electron chi connectivity index (χ1n) is 5.15. The average Bonchev–Trinajstić information content (AvgIpc) is 2.28. The first-order chi connectivity index (χ1) is 7.75. The number of hydrogen-bond donors (Lipinski definition) is 1. The second-order valence-corrected chi connectivity index (χ2v) is 3.62. The normalized spacial score (nSPS) is 10.1. The maximum atomic E-state index is 12.9. The van der Waals surface area contributed by atoms with Crippen molar-refractivity contribution in [2.45, 2.75) is 13.5 Å². The highest BCUT2D eigenvalue weighted by molar-refractivity contribution is 5.47. The van der Waals surface area contributed by atoms with Crippen LogP contribution in [-0.4, -0.2) is 4.98 Å². The maximum Gasteiger partial charge on any atom is 0.123 e. The quantitative estimate of drug-likeness (QED) is 0.852. The first kappa shape index (κ1) is 10.6. The molecule has 0 aliphatic carbocycles. The molecule has 1 heterocycles. The van der Waals surface area contributed by atoms with Gasteiger partial charge in [0.1, 0.15) is 5.82 Å². The molecule has 2 rings (SSSR count). The van der Waals surface area contributed by atoms with Crippen LogP contribution in [0.15, 0.2) is 42.6 Å². The summed E-state index contributed by atoms with van der Waals surface area (Å²) in [5.41, 5.74) is 2.84. The van der Waals surface area contributed by atoms with E-state index in [-0.39, 0.29) is 5.82 Å². The highest BCUT2D eigenvalue weighted by atomic mass is 19.1. The lowest BCUT2D eigenvalue weighted by molar-refractivity contribution is 0.626. The Kier molecular flexibility index (Phi) is 3.15. The van der Waals surface area contributed by atoms with Crippen LogP contribution in [0, 0.1) is 12.7 Å². The molecule has 3 heteroatoms. The molecule has 2 nitrogen and oxygen atoms in total. The van der Waals surface area contributed by atoms with Crippen LogP contribution in [0.1, 0.15) is 11.3 Å². The van der Waals surface area contributed by atoms with E-state index in [9.17, 15) is 4.39 Å². The maximum absolute atomic E-state index is 12.9. The Hall–Kier alpha value is -1.90. The van der Waals surface area contributed by atoms with Gasteiger partial charge in [0.05, 0.1) is 11.4 Å². The van der Waals surface area contributed by atoms with Crippen molar-refractivity contribution in [2.24, 2.45) is 0 Å². The van der Waals surface area contributed by atoms with Crippen molar-refractivity contribution in [3.05, 3.63) is 59.7 Å². The summed E-state index contributed by atoms with van der Waals surface area (Å²) in [7, 11) is 0. The standard InChI is InChI=1S/C13H13FN2/c1-10-13(6-3-7-15-10)16-9-11-4-2-5-12(14)8-11/h2-8,16H,9H2,1H3. The van der Waals surface area contributed by atoms with Gasteiger partial charge in [-0.15, -0.1) is 0 Å². The molecule has 1 aromatic heterocycles. The van der Waals surface area contributed by atoms with Gasteiger partial charge in [0.15, 0.2) is 0 Å². The van der Waals surface area contributed by atoms with Gasteiger partial charge in [0.2, 0.25) is 0 Å². The number of nitrogens with one attached hydrogen (secondary N) is 1. The topological polar surface area (TPSA) is 24.9 Å². The molecule has 0 unspecified atom stereocenters. The van der Waals surface area contributed by atoms with Crippen molar-refractivity contribution in [2.75, 3.05) is 5.32 Å². The fraction of sp³-hybridized carbons (Fsp3) is 0.154. The molecule has 0 bridgehead atoms. The van der Waals surface area contributed by atoms with Gasteiger partial charge in [-0.3, -0.25) is 4.98 Å². The summed E-state index contributed by atoms with van der Waals surface area (Å²) in [5.74, 6) is -0.206. The van der Waals surface area contributed by atoms with Gasteiger partial charge in [-0.2, -0.15) is 0 Å². The second-order valence-electron chi connectivity index (χ2n) is 3.62. The molecular weight excluding hydrogens is 203 g/mol. The molecule has 0 aliphatic rings. The Morgan fingerprint density at radius 1 is 1.25 bits per heavy atom. The fourth-order valence-electron chi connectivity index (χ4n) is 1.52. The Morgan fingerprint density at radius 3 is 2.88 bits per heavy atom. The summed E-state index contributed by atoms with van der Waals surface area (Å²) in [5, 5.41) is 3.23. The Morgan fingerprint density at radius 2 is 2.12 bits per heavy atom. The lowest BCUT2D eigenvalue weighted by Gasteiger charge is -2.08. The van der Waals surface area contributed by atoms with Gasteiger partial charge >= 0.3 is 0 Å². The number of anilines is 1. The summed E-state index contributed by atoms with van der Waals surface area (Å²) in [6, 6.07) is 10.4. The minimum absolute atomic E-state index is 0.206. The van der Waals surface area contributed by atoms with Crippen molar-refractivity contribution in [1.82, 2.24) is 4.98 Å². The van der Waals surface area contributed by atoms with Crippen LogP contribution < -0.4 is 5.32 Å². The van der Waals surface area contributed by atoms with Gasteiger partial charge in [0.25, 0.3) is 0 Å². The fourth-order valence-corrected chi connectivity index (χ4v) is 1.52. The number of pyridine rings is 1. The van der Waals surface area contributed by atoms with Crippen LogP contribution in [0.5, 0.6) is 0 Å². The van der Waals surface area contributed by atoms with E-state index in [0.29, 0.717) is 6.54 Å². The van der Waals surface area contributed by atoms with Crippen molar-refractivity contribution < 1.29 is 4.39 Å². The number of aryl methyl sites for hydroxylation is 1. The molecule has 0 saturated heterocycles. The van der Waals surface area contributed by atoms with E-state index in [2.05, 4.69) is 10.3 Å². The lowest BCUT2D eigenvalue weighted by atomic mass is 10.2. The molecule has 1 aromatic carbocycles. The molecule has 0 atom stereocenters. The molecule has 0 saturated carbocycles. The summed E-state index contributed by atoms with van der Waals surface area (Å²) in [6.45, 7) is 2.54. The molecule has 1 N–H and O–H groups in total. The van der Waals surface area contributed by atoms with E-state index in [4.69, 9.17) is 0 Å². The third kappa shape index (κ3) is 2.57. The lowest BCUT2D eigenvalue weighted by Crippen LogP contribution is -2.01. The first-order valence-corrected chi connectivity index (χ1v) is 5.15. The number of rotatable bonds is 3. The SMILES string of the molecule is Cc1ncccc1NCc1cccc(F)c1. The highest BCUT2D eigenvalue weighted by Gasteiger charge is 1.98. The number of aromatic nitrogens is 1. The monoisotopic (exact) mass is 216 g/mol. The minimum Gasteiger partial charge on any atom is -0.380 e. The molecule has 0 fully saturated rings. The summed E-state index contributed by atoms with van der Waals surface area (Å²) in [4.78, 5) is 4.17. The molecular formula is C13H13FN2. The van der Waals surface area contributed by atoms with Gasteiger partial charge in [-0.05, 0) is 36.8 Å². The largest absolute Gasteiger partial charge is 0.380 e. The smallest absolute Gasteiger partial charge is 0.123 e. The Bertz CT molecular complexity index is 483. The van der Waals surface area contributed by atoms with Crippen molar-refractivity contribution in [1.29, 1.82) is 0 Å². The van der Waals surface area contributed by atoms with Gasteiger partial charge in [-0.1, -0.05) is 12.1 Å². The Balaban J connectivity index is 2.05. The molecule has 0 amide bonds. The zero-order chi connectivity index (χ0) is 11.4. The summed E-state index contributed by atoms with van der Waals surface area (Å²) >= 11 is 0. The van der Waals surface area contributed by atoms with Gasteiger partial charge in [0, 0.05) is 12.7 Å². The molecule has 0 radical (unpaired) electrons. The number of halogens is 1. The highest BCUT2D eigenvalue weighted by Crippen LogP contribution is 2.12. The van der Waals surface area contributed by atoms with Crippen molar-refractivity contribution in [3.63, 3.8) is 0 Å². The molecule has 2 aromatic rings. The van der Waals surface area contributed by atoms with Crippen LogP contribution in [0.25, 0.3) is 0 Å². The van der Waals surface area contributed by atoms with Crippen LogP contribution in [-0.2, 0) is 6.54 Å². The van der Waals surface area contributed by atoms with Crippen LogP contribution >= 0.6 is 0 Å². The van der Waals surface area contributed by atoms with E-state index >= 15 is 0 Å². The van der Waals surface area contributed by atoms with Crippen LogP contribution in [0.3, 0.4) is 0 Å². The van der Waals surface area contributed by atoms with Crippen molar-refractivity contribution in [3.8, 4) is 0 Å². The minimum atomic E-state index is -0.206. The average molecular weight is 216 g/mol. The van der Waals surface area contributed by atoms with Crippen LogP contribution in [0.4, 0.5) is 10.1 Å². The third-order valence-corrected chi connectivity index (χ3v) is 2.38. The molecule has 16 heavy (non-hydrogen) atoms. The number of benzene rings is 1. The second kappa shape index (κ2) is 4.75. The van der Waals surface area contributed by atoms with E-state index in [1.807, 2.05) is 25.1 Å². The van der Waals surface area contributed by atoms with Gasteiger partial charge < -0.3 is 5.32 Å². The third-order valence-electron chi connectivity index (χ3n) is 2.38. The van der Waals surface area contributed by atoms with E-state index in [1.165, 1.54) is 12.1 Å². The number of hydrogen-bond acceptors (Lipinski definition) is 2. The van der Waals surface area contributed by atoms with E-state index in [1.54, 1.807) is 12.3 Å². The van der Waals surface area contributed by atoms with Gasteiger partial charge in [-0.25, -0.2) is 4.39 Å². The van der Waals surface area contributed by atoms with E-state index < -0.39 is 0 Å². The van der Waals surface area contributed by atoms with Crippen molar-refractivity contribution >= 4 is 5.69 Å². The summed E-state index contributed by atoms with van der Waals surface area (Å²) < 4.78 is 12.9. The molecule has 82 valence electrons. The predicted molar refractivity (Wildman–Crippen MR) is 62.7 cm³/mol. The molecule has 0 spiro atoms. The zero-order valence-electron chi connectivity index (χ0n) is 9.07. The predicted octanol–water partition coefficient (Wildman–Crippen LogP) is 3.14. The zero-order valence-corrected chi connectivity index (χ0v) is 9.07.